The molecule has 2 N–H and O–H groups in total. The molecular formula is C25H28Cl2N6O3S2. The molecule has 0 bridgehead atoms. The maximum absolute atomic E-state index is 13.1. The fourth-order valence-corrected chi connectivity index (χ4v) is 7.03. The zero-order valence-corrected chi connectivity index (χ0v) is 24.0. The summed E-state index contributed by atoms with van der Waals surface area (Å²) in [5.41, 5.74) is 1.17. The van der Waals surface area contributed by atoms with Crippen LogP contribution in [-0.2, 0) is 9.53 Å². The Morgan fingerprint density at radius 2 is 1.92 bits per heavy atom. The normalized spacial score (nSPS) is 16.5. The maximum atomic E-state index is 13.1. The van der Waals surface area contributed by atoms with Crippen molar-refractivity contribution in [3.8, 4) is 10.6 Å². The van der Waals surface area contributed by atoms with Gasteiger partial charge in [0.15, 0.2) is 5.13 Å². The van der Waals surface area contributed by atoms with Crippen LogP contribution in [0, 0.1) is 5.92 Å². The minimum atomic E-state index is -0.330. The lowest BCUT2D eigenvalue weighted by atomic mass is 9.97. The average Bonchev–Trinajstić information content (AvgIpc) is 3.55. The molecule has 2 fully saturated rings. The Morgan fingerprint density at radius 1 is 1.16 bits per heavy atom. The highest BCUT2D eigenvalue weighted by Crippen LogP contribution is 2.42. The van der Waals surface area contributed by atoms with Crippen LogP contribution < -0.4 is 20.4 Å². The molecule has 2 saturated heterocycles. The van der Waals surface area contributed by atoms with Gasteiger partial charge in [0.2, 0.25) is 0 Å². The van der Waals surface area contributed by atoms with Crippen molar-refractivity contribution in [2.24, 2.45) is 5.92 Å². The number of nitrogens with one attached hydrogen (secondary N) is 2. The first-order chi connectivity index (χ1) is 18.4. The third kappa shape index (κ3) is 6.07. The Balaban J connectivity index is 1.29. The molecule has 0 saturated carbocycles. The van der Waals surface area contributed by atoms with E-state index in [9.17, 15) is 9.59 Å². The predicted molar refractivity (Wildman–Crippen MR) is 154 cm³/mol. The summed E-state index contributed by atoms with van der Waals surface area (Å²) in [4.78, 5) is 39.7. The number of thiophene rings is 1. The lowest BCUT2D eigenvalue weighted by Gasteiger charge is -2.32. The molecule has 3 aromatic rings. The highest BCUT2D eigenvalue weighted by atomic mass is 35.5. The third-order valence-corrected chi connectivity index (χ3v) is 9.13. The number of piperazine rings is 1. The topological polar surface area (TPSA) is 99.7 Å². The van der Waals surface area contributed by atoms with Crippen LogP contribution in [0.2, 0.25) is 10.0 Å². The van der Waals surface area contributed by atoms with Gasteiger partial charge in [-0.25, -0.2) is 9.97 Å². The van der Waals surface area contributed by atoms with Crippen LogP contribution in [0.3, 0.4) is 0 Å². The number of carbonyl (C=O) groups is 2. The summed E-state index contributed by atoms with van der Waals surface area (Å²) >= 11 is 15.7. The highest BCUT2D eigenvalue weighted by molar-refractivity contribution is 7.21. The lowest BCUT2D eigenvalue weighted by Crippen LogP contribution is -2.43. The SMILES string of the molecule is CCOC(=O)C1CCN(c2ncc(C(=O)Nc3nc(-c4cc(Cl)cs4)c(N4CCNCC4)s3)cc2Cl)CC1. The van der Waals surface area contributed by atoms with Gasteiger partial charge < -0.3 is 19.9 Å². The number of hydrogen-bond acceptors (Lipinski definition) is 10. The van der Waals surface area contributed by atoms with Crippen LogP contribution in [0.25, 0.3) is 10.6 Å². The van der Waals surface area contributed by atoms with Crippen molar-refractivity contribution in [3.05, 3.63) is 39.3 Å². The van der Waals surface area contributed by atoms with E-state index in [4.69, 9.17) is 32.9 Å². The fourth-order valence-electron chi connectivity index (χ4n) is 4.59. The highest BCUT2D eigenvalue weighted by Gasteiger charge is 2.28. The molecule has 0 radical (unpaired) electrons. The molecule has 3 aromatic heterocycles. The molecule has 0 atom stereocenters. The molecule has 0 aliphatic carbocycles. The van der Waals surface area contributed by atoms with Crippen molar-refractivity contribution in [3.63, 3.8) is 0 Å². The number of ether oxygens (including phenoxy) is 1. The second-order valence-electron chi connectivity index (χ2n) is 9.04. The molecule has 5 heterocycles. The second kappa shape index (κ2) is 12.2. The Bertz CT molecular complexity index is 1300. The average molecular weight is 596 g/mol. The molecule has 13 heteroatoms. The van der Waals surface area contributed by atoms with E-state index >= 15 is 0 Å². The summed E-state index contributed by atoms with van der Waals surface area (Å²) in [5.74, 6) is 0.0290. The predicted octanol–water partition coefficient (Wildman–Crippen LogP) is 5.01. The smallest absolute Gasteiger partial charge is 0.309 e. The van der Waals surface area contributed by atoms with Crippen LogP contribution in [0.1, 0.15) is 30.1 Å². The van der Waals surface area contributed by atoms with E-state index in [1.54, 1.807) is 6.07 Å². The number of hydrogen-bond donors (Lipinski definition) is 2. The van der Waals surface area contributed by atoms with E-state index < -0.39 is 0 Å². The first-order valence-corrected chi connectivity index (χ1v) is 15.0. The molecule has 0 aromatic carbocycles. The van der Waals surface area contributed by atoms with E-state index in [0.717, 1.165) is 41.8 Å². The zero-order valence-electron chi connectivity index (χ0n) is 20.8. The van der Waals surface area contributed by atoms with Crippen LogP contribution in [-0.4, -0.2) is 67.7 Å². The standard InChI is InChI=1S/C25H28Cl2N6O3S2/c1-2-36-24(35)15-3-7-32(8-4-15)21-18(27)11-16(13-29-21)22(34)31-25-30-20(19-12-17(26)14-37-19)23(38-25)33-9-5-28-6-10-33/h11-15,28H,2-10H2,1H3,(H,30,31,34). The number of amides is 1. The van der Waals surface area contributed by atoms with E-state index in [2.05, 4.69) is 20.5 Å². The number of piperidine rings is 1. The van der Waals surface area contributed by atoms with Gasteiger partial charge in [0.05, 0.1) is 33.0 Å². The van der Waals surface area contributed by atoms with Gasteiger partial charge in [0.25, 0.3) is 5.91 Å². The van der Waals surface area contributed by atoms with Gasteiger partial charge in [-0.2, -0.15) is 0 Å². The summed E-state index contributed by atoms with van der Waals surface area (Å²) in [7, 11) is 0. The number of thiazole rings is 1. The Morgan fingerprint density at radius 3 is 2.58 bits per heavy atom. The number of halogens is 2. The second-order valence-corrected chi connectivity index (χ2v) is 11.8. The Labute approximate surface area is 239 Å². The number of esters is 1. The van der Waals surface area contributed by atoms with Gasteiger partial charge >= 0.3 is 5.97 Å². The van der Waals surface area contributed by atoms with Crippen LogP contribution in [0.5, 0.6) is 0 Å². The van der Waals surface area contributed by atoms with Gasteiger partial charge in [-0.1, -0.05) is 34.5 Å². The minimum absolute atomic E-state index is 0.102. The molecule has 9 nitrogen and oxygen atoms in total. The zero-order chi connectivity index (χ0) is 26.6. The van der Waals surface area contributed by atoms with Crippen molar-refractivity contribution in [1.29, 1.82) is 0 Å². The van der Waals surface area contributed by atoms with Crippen molar-refractivity contribution in [1.82, 2.24) is 15.3 Å². The van der Waals surface area contributed by atoms with E-state index in [1.807, 2.05) is 23.3 Å². The Hall–Kier alpha value is -2.44. The molecule has 38 heavy (non-hydrogen) atoms. The summed E-state index contributed by atoms with van der Waals surface area (Å²) < 4.78 is 5.15. The number of aromatic nitrogens is 2. The van der Waals surface area contributed by atoms with Gasteiger partial charge in [-0.05, 0) is 31.9 Å². The van der Waals surface area contributed by atoms with Crippen LogP contribution in [0.15, 0.2) is 23.7 Å². The van der Waals surface area contributed by atoms with Crippen LogP contribution in [0.4, 0.5) is 16.0 Å². The van der Waals surface area contributed by atoms with Crippen LogP contribution >= 0.6 is 45.9 Å². The first kappa shape index (κ1) is 27.1. The monoisotopic (exact) mass is 594 g/mol. The Kier molecular flexibility index (Phi) is 8.69. The summed E-state index contributed by atoms with van der Waals surface area (Å²) in [6.45, 7) is 6.99. The lowest BCUT2D eigenvalue weighted by molar-refractivity contribution is -0.148. The first-order valence-electron chi connectivity index (χ1n) is 12.5. The largest absolute Gasteiger partial charge is 0.466 e. The van der Waals surface area contributed by atoms with Crippen molar-refractivity contribution < 1.29 is 14.3 Å². The van der Waals surface area contributed by atoms with Gasteiger partial charge in [0.1, 0.15) is 16.5 Å². The molecule has 0 unspecified atom stereocenters. The minimum Gasteiger partial charge on any atom is -0.466 e. The van der Waals surface area contributed by atoms with Crippen molar-refractivity contribution in [2.75, 3.05) is 61.0 Å². The van der Waals surface area contributed by atoms with Gasteiger partial charge in [-0.3, -0.25) is 14.9 Å². The van der Waals surface area contributed by atoms with Gasteiger partial charge in [0, 0.05) is 50.8 Å². The summed E-state index contributed by atoms with van der Waals surface area (Å²) in [5, 5.41) is 10.7. The number of rotatable bonds is 7. The molecule has 2 aliphatic rings. The summed E-state index contributed by atoms with van der Waals surface area (Å²) in [6.07, 6.45) is 2.88. The van der Waals surface area contributed by atoms with E-state index in [-0.39, 0.29) is 17.8 Å². The number of pyridine rings is 1. The number of nitrogens with zero attached hydrogens (tertiary/aromatic N) is 4. The van der Waals surface area contributed by atoms with Crippen molar-refractivity contribution >= 4 is 73.7 Å². The maximum Gasteiger partial charge on any atom is 0.309 e. The molecule has 5 rings (SSSR count). The molecule has 1 amide bonds. The van der Waals surface area contributed by atoms with E-state index in [1.165, 1.54) is 28.9 Å². The summed E-state index contributed by atoms with van der Waals surface area (Å²) in [6, 6.07) is 3.53. The van der Waals surface area contributed by atoms with Crippen molar-refractivity contribution in [2.45, 2.75) is 19.8 Å². The quantitative estimate of drug-likeness (QED) is 0.368. The number of carbonyl (C=O) groups excluding carboxylic acids is 2. The van der Waals surface area contributed by atoms with Gasteiger partial charge in [-0.15, -0.1) is 11.3 Å². The number of anilines is 3. The molecule has 202 valence electrons. The third-order valence-electron chi connectivity index (χ3n) is 6.53. The fraction of sp³-hybridized carbons (Fsp3) is 0.440. The molecule has 0 spiro atoms. The van der Waals surface area contributed by atoms with E-state index in [0.29, 0.717) is 59.1 Å². The molecule has 2 aliphatic heterocycles. The molecular weight excluding hydrogens is 567 g/mol.